The minimum absolute atomic E-state index is 0.503. The van der Waals surface area contributed by atoms with Crippen molar-refractivity contribution in [1.82, 2.24) is 0 Å². The van der Waals surface area contributed by atoms with Crippen LogP contribution in [-0.4, -0.2) is 0 Å². The van der Waals surface area contributed by atoms with Crippen molar-refractivity contribution in [2.75, 3.05) is 0 Å². The molecule has 0 saturated heterocycles. The minimum atomic E-state index is -0.503. The fraction of sp³-hybridized carbons (Fsp3) is 0.0789. The maximum Gasteiger partial charge on any atom is 0.132 e. The van der Waals surface area contributed by atoms with Crippen molar-refractivity contribution in [2.45, 2.75) is 18.3 Å². The van der Waals surface area contributed by atoms with E-state index in [9.17, 15) is 5.26 Å². The van der Waals surface area contributed by atoms with Gasteiger partial charge in [0.2, 0.25) is 0 Å². The Morgan fingerprint density at radius 2 is 1.20 bits per heavy atom. The van der Waals surface area contributed by atoms with Crippen LogP contribution in [0.25, 0.3) is 22.3 Å². The van der Waals surface area contributed by atoms with Gasteiger partial charge >= 0.3 is 0 Å². The second-order valence-corrected chi connectivity index (χ2v) is 10.3. The van der Waals surface area contributed by atoms with Gasteiger partial charge in [0.1, 0.15) is 11.5 Å². The summed E-state index contributed by atoms with van der Waals surface area (Å²) in [5.41, 5.74) is 9.39. The first-order valence-electron chi connectivity index (χ1n) is 13.7. The summed E-state index contributed by atoms with van der Waals surface area (Å²) >= 11 is 0. The number of ether oxygens (including phenoxy) is 1. The predicted molar refractivity (Wildman–Crippen MR) is 161 cm³/mol. The molecule has 5 aromatic rings. The van der Waals surface area contributed by atoms with Crippen molar-refractivity contribution in [1.29, 1.82) is 5.26 Å². The Hall–Kier alpha value is -5.13. The normalized spacial score (nSPS) is 14.7. The predicted octanol–water partition coefficient (Wildman–Crippen LogP) is 9.61. The van der Waals surface area contributed by atoms with E-state index in [0.717, 1.165) is 57.7 Å². The highest BCUT2D eigenvalue weighted by molar-refractivity contribution is 5.76. The summed E-state index contributed by atoms with van der Waals surface area (Å²) in [6.07, 6.45) is 9.06. The average Bonchev–Trinajstić information content (AvgIpc) is 3.04. The molecule has 0 atom stereocenters. The third-order valence-electron chi connectivity index (χ3n) is 8.05. The number of nitrogens with zero attached hydrogens (tertiary/aromatic N) is 1. The first-order valence-corrected chi connectivity index (χ1v) is 13.7. The zero-order valence-electron chi connectivity index (χ0n) is 22.0. The van der Waals surface area contributed by atoms with Gasteiger partial charge in [-0.2, -0.15) is 5.26 Å². The van der Waals surface area contributed by atoms with Gasteiger partial charge in [-0.25, -0.2) is 0 Å². The zero-order valence-corrected chi connectivity index (χ0v) is 22.0. The topological polar surface area (TPSA) is 33.0 Å². The van der Waals surface area contributed by atoms with Crippen LogP contribution >= 0.6 is 0 Å². The van der Waals surface area contributed by atoms with E-state index in [4.69, 9.17) is 4.74 Å². The van der Waals surface area contributed by atoms with Crippen molar-refractivity contribution < 1.29 is 4.74 Å². The lowest BCUT2D eigenvalue weighted by Gasteiger charge is -2.42. The molecule has 0 unspecified atom stereocenters. The van der Waals surface area contributed by atoms with Crippen molar-refractivity contribution in [2.24, 2.45) is 0 Å². The van der Waals surface area contributed by atoms with E-state index in [1.807, 2.05) is 30.3 Å². The van der Waals surface area contributed by atoms with E-state index < -0.39 is 5.41 Å². The van der Waals surface area contributed by atoms with Gasteiger partial charge in [0, 0.05) is 11.1 Å². The van der Waals surface area contributed by atoms with Gasteiger partial charge < -0.3 is 4.74 Å². The SMILES string of the molecule is N#Cc1cccc(-c2cccc(-c3cccc(C4(C5=CCCC=C5)c5ccccc5Oc5ccccc54)c3)c2)c1. The van der Waals surface area contributed by atoms with Crippen LogP contribution in [0.3, 0.4) is 0 Å². The summed E-state index contributed by atoms with van der Waals surface area (Å²) in [4.78, 5) is 0. The maximum absolute atomic E-state index is 9.40. The van der Waals surface area contributed by atoms with Crippen LogP contribution in [0.2, 0.25) is 0 Å². The number of rotatable bonds is 4. The molecular weight excluding hydrogens is 486 g/mol. The van der Waals surface area contributed by atoms with Gasteiger partial charge in [0.05, 0.1) is 17.0 Å². The van der Waals surface area contributed by atoms with Crippen molar-refractivity contribution >= 4 is 0 Å². The Bertz CT molecular complexity index is 1810. The summed E-state index contributed by atoms with van der Waals surface area (Å²) < 4.78 is 6.47. The third-order valence-corrected chi connectivity index (χ3v) is 8.05. The van der Waals surface area contributed by atoms with Crippen LogP contribution in [0.1, 0.15) is 35.1 Å². The van der Waals surface area contributed by atoms with E-state index in [-0.39, 0.29) is 0 Å². The first-order chi connectivity index (χ1) is 19.8. The monoisotopic (exact) mass is 513 g/mol. The smallest absolute Gasteiger partial charge is 0.132 e. The van der Waals surface area contributed by atoms with Crippen molar-refractivity contribution in [3.05, 3.63) is 167 Å². The van der Waals surface area contributed by atoms with Crippen LogP contribution in [0.5, 0.6) is 11.5 Å². The van der Waals surface area contributed by atoms with Crippen LogP contribution in [0.15, 0.2) is 145 Å². The molecule has 7 rings (SSSR count). The molecule has 40 heavy (non-hydrogen) atoms. The molecule has 0 bridgehead atoms. The van der Waals surface area contributed by atoms with Crippen molar-refractivity contribution in [3.8, 4) is 39.8 Å². The summed E-state index contributed by atoms with van der Waals surface area (Å²) in [6.45, 7) is 0. The van der Waals surface area contributed by atoms with Gasteiger partial charge in [0.15, 0.2) is 0 Å². The second-order valence-electron chi connectivity index (χ2n) is 10.3. The number of benzene rings is 5. The molecule has 1 aliphatic carbocycles. The molecule has 0 fully saturated rings. The lowest BCUT2D eigenvalue weighted by atomic mass is 9.62. The Morgan fingerprint density at radius 3 is 1.85 bits per heavy atom. The van der Waals surface area contributed by atoms with Gasteiger partial charge in [-0.15, -0.1) is 0 Å². The molecule has 5 aromatic carbocycles. The zero-order chi connectivity index (χ0) is 26.9. The molecule has 2 heteroatoms. The van der Waals surface area contributed by atoms with Crippen LogP contribution in [0, 0.1) is 11.3 Å². The lowest BCUT2D eigenvalue weighted by Crippen LogP contribution is -2.35. The highest BCUT2D eigenvalue weighted by atomic mass is 16.5. The molecule has 1 heterocycles. The molecule has 2 aliphatic rings. The number of allylic oxidation sites excluding steroid dienone is 4. The number of nitriles is 1. The van der Waals surface area contributed by atoms with Gasteiger partial charge in [-0.05, 0) is 82.6 Å². The van der Waals surface area contributed by atoms with Crippen molar-refractivity contribution in [3.63, 3.8) is 0 Å². The highest BCUT2D eigenvalue weighted by Gasteiger charge is 2.46. The number of fused-ring (bicyclic) bond motifs is 2. The summed E-state index contributed by atoms with van der Waals surface area (Å²) in [6, 6.07) is 44.5. The van der Waals surface area contributed by atoms with E-state index in [1.165, 1.54) is 11.1 Å². The standard InChI is InChI=1S/C38H27NO/c39-26-27-11-8-12-28(23-27)29-13-9-14-30(24-29)31-15-10-18-33(25-31)38(32-16-2-1-3-17-32)34-19-4-6-21-36(34)40-37-22-7-5-20-35(37)38/h2,4-25H,1,3H2. The molecule has 0 spiro atoms. The number of para-hydroxylation sites is 2. The van der Waals surface area contributed by atoms with Gasteiger partial charge in [-0.1, -0.05) is 103 Å². The van der Waals surface area contributed by atoms with Gasteiger partial charge in [0.25, 0.3) is 0 Å². The molecule has 0 aromatic heterocycles. The highest BCUT2D eigenvalue weighted by Crippen LogP contribution is 2.56. The van der Waals surface area contributed by atoms with Gasteiger partial charge in [-0.3, -0.25) is 0 Å². The first kappa shape index (κ1) is 23.9. The Balaban J connectivity index is 1.45. The Labute approximate surface area is 235 Å². The number of hydrogen-bond donors (Lipinski definition) is 0. The fourth-order valence-corrected chi connectivity index (χ4v) is 6.25. The molecule has 0 saturated carbocycles. The van der Waals surface area contributed by atoms with E-state index in [1.54, 1.807) is 0 Å². The average molecular weight is 514 g/mol. The third kappa shape index (κ3) is 3.87. The maximum atomic E-state index is 9.40. The fourth-order valence-electron chi connectivity index (χ4n) is 6.25. The number of hydrogen-bond acceptors (Lipinski definition) is 2. The largest absolute Gasteiger partial charge is 0.457 e. The molecule has 0 N–H and O–H groups in total. The van der Waals surface area contributed by atoms with Crippen LogP contribution in [0.4, 0.5) is 0 Å². The quantitative estimate of drug-likeness (QED) is 0.240. The summed E-state index contributed by atoms with van der Waals surface area (Å²) in [7, 11) is 0. The minimum Gasteiger partial charge on any atom is -0.457 e. The molecule has 1 aliphatic heterocycles. The van der Waals surface area contributed by atoms with E-state index >= 15 is 0 Å². The van der Waals surface area contributed by atoms with E-state index in [0.29, 0.717) is 5.56 Å². The second kappa shape index (κ2) is 9.88. The van der Waals surface area contributed by atoms with Crippen LogP contribution < -0.4 is 4.74 Å². The molecule has 0 amide bonds. The molecular formula is C38H27NO. The van der Waals surface area contributed by atoms with Crippen LogP contribution in [-0.2, 0) is 5.41 Å². The Kier molecular flexibility index (Phi) is 5.91. The molecule has 0 radical (unpaired) electrons. The summed E-state index contributed by atoms with van der Waals surface area (Å²) in [5, 5.41) is 9.40. The summed E-state index contributed by atoms with van der Waals surface area (Å²) in [5.74, 6) is 1.79. The Morgan fingerprint density at radius 1 is 0.600 bits per heavy atom. The lowest BCUT2D eigenvalue weighted by molar-refractivity contribution is 0.434. The van der Waals surface area contributed by atoms with E-state index in [2.05, 4.69) is 115 Å². The molecule has 2 nitrogen and oxygen atoms in total. The molecule has 190 valence electrons.